The lowest BCUT2D eigenvalue weighted by Crippen LogP contribution is -2.04. The number of nitrogens with zero attached hydrogens (tertiary/aromatic N) is 2. The predicted octanol–water partition coefficient (Wildman–Crippen LogP) is 2.80. The molecule has 0 bridgehead atoms. The van der Waals surface area contributed by atoms with Crippen molar-refractivity contribution in [1.29, 1.82) is 0 Å². The Morgan fingerprint density at radius 2 is 2.42 bits per heavy atom. The molecule has 0 aliphatic rings. The van der Waals surface area contributed by atoms with Crippen LogP contribution in [0.2, 0.25) is 0 Å². The Morgan fingerprint density at radius 1 is 1.67 bits per heavy atom. The summed E-state index contributed by atoms with van der Waals surface area (Å²) in [5.41, 5.74) is 0.979. The lowest BCUT2D eigenvalue weighted by molar-refractivity contribution is 0.779. The van der Waals surface area contributed by atoms with Crippen molar-refractivity contribution in [3.05, 3.63) is 22.7 Å². The minimum Gasteiger partial charge on any atom is -0.244 e. The van der Waals surface area contributed by atoms with Gasteiger partial charge < -0.3 is 0 Å². The second kappa shape index (κ2) is 4.77. The molecule has 1 aromatic rings. The Bertz CT molecular complexity index is 255. The first-order chi connectivity index (χ1) is 5.74. The van der Waals surface area contributed by atoms with Gasteiger partial charge in [0.25, 0.3) is 0 Å². The van der Waals surface area contributed by atoms with Crippen LogP contribution in [0, 0.1) is 0 Å². The maximum atomic E-state index is 5.99. The van der Waals surface area contributed by atoms with Crippen molar-refractivity contribution in [3.8, 4) is 0 Å². The van der Waals surface area contributed by atoms with Crippen LogP contribution in [0.1, 0.15) is 19.0 Å². The van der Waals surface area contributed by atoms with E-state index in [-0.39, 0.29) is 5.38 Å². The molecule has 1 heterocycles. The van der Waals surface area contributed by atoms with Crippen molar-refractivity contribution in [1.82, 2.24) is 9.97 Å². The first kappa shape index (κ1) is 9.93. The summed E-state index contributed by atoms with van der Waals surface area (Å²) in [6.45, 7) is 2.06. The van der Waals surface area contributed by atoms with E-state index >= 15 is 0 Å². The molecule has 0 aliphatic carbocycles. The zero-order valence-corrected chi connectivity index (χ0v) is 9.14. The van der Waals surface area contributed by atoms with Crippen molar-refractivity contribution in [2.45, 2.75) is 25.1 Å². The van der Waals surface area contributed by atoms with Gasteiger partial charge in [0.15, 0.2) is 0 Å². The average Bonchev–Trinajstić information content (AvgIpc) is 2.09. The summed E-state index contributed by atoms with van der Waals surface area (Å²) in [5, 5.41) is 0.163. The monoisotopic (exact) mass is 248 g/mol. The molecule has 0 aromatic carbocycles. The summed E-state index contributed by atoms with van der Waals surface area (Å²) >= 11 is 9.36. The van der Waals surface area contributed by atoms with E-state index in [4.69, 9.17) is 11.6 Å². The number of aromatic nitrogens is 2. The van der Waals surface area contributed by atoms with Crippen molar-refractivity contribution < 1.29 is 0 Å². The van der Waals surface area contributed by atoms with Crippen LogP contribution in [0.5, 0.6) is 0 Å². The molecule has 1 aromatic heterocycles. The largest absolute Gasteiger partial charge is 0.244 e. The Labute approximate surface area is 85.5 Å². The van der Waals surface area contributed by atoms with E-state index in [0.29, 0.717) is 0 Å². The van der Waals surface area contributed by atoms with Crippen LogP contribution in [-0.2, 0) is 6.42 Å². The molecule has 0 fully saturated rings. The van der Waals surface area contributed by atoms with Crippen LogP contribution >= 0.6 is 27.5 Å². The van der Waals surface area contributed by atoms with Gasteiger partial charge in [0.05, 0.1) is 10.2 Å². The molecule has 12 heavy (non-hydrogen) atoms. The Kier molecular flexibility index (Phi) is 3.95. The molecule has 4 heteroatoms. The van der Waals surface area contributed by atoms with Crippen molar-refractivity contribution in [3.63, 3.8) is 0 Å². The van der Waals surface area contributed by atoms with Crippen molar-refractivity contribution >= 4 is 27.5 Å². The van der Waals surface area contributed by atoms with E-state index in [2.05, 4.69) is 32.8 Å². The average molecular weight is 250 g/mol. The maximum absolute atomic E-state index is 5.99. The number of halogens is 2. The highest BCUT2D eigenvalue weighted by Gasteiger charge is 2.06. The van der Waals surface area contributed by atoms with Crippen LogP contribution in [0.25, 0.3) is 0 Å². The Balaban J connectivity index is 2.69. The molecule has 0 saturated carbocycles. The number of alkyl halides is 1. The van der Waals surface area contributed by atoms with E-state index in [1.165, 1.54) is 0 Å². The SMILES string of the molecule is CCC(Cl)Cc1ncncc1Br. The highest BCUT2D eigenvalue weighted by atomic mass is 79.9. The lowest BCUT2D eigenvalue weighted by Gasteiger charge is -2.05. The van der Waals surface area contributed by atoms with Crippen LogP contribution < -0.4 is 0 Å². The van der Waals surface area contributed by atoms with Gasteiger partial charge in [-0.15, -0.1) is 11.6 Å². The number of rotatable bonds is 3. The molecule has 0 N–H and O–H groups in total. The molecule has 1 atom stereocenters. The molecule has 0 saturated heterocycles. The molecule has 1 rings (SSSR count). The quantitative estimate of drug-likeness (QED) is 0.770. The molecule has 0 spiro atoms. The van der Waals surface area contributed by atoms with Gasteiger partial charge in [0.2, 0.25) is 0 Å². The van der Waals surface area contributed by atoms with Gasteiger partial charge in [-0.1, -0.05) is 6.92 Å². The van der Waals surface area contributed by atoms with E-state index in [1.807, 2.05) is 0 Å². The topological polar surface area (TPSA) is 25.8 Å². The third-order valence-corrected chi connectivity index (χ3v) is 2.73. The van der Waals surface area contributed by atoms with Gasteiger partial charge in [-0.2, -0.15) is 0 Å². The van der Waals surface area contributed by atoms with Gasteiger partial charge in [0, 0.05) is 18.0 Å². The number of hydrogen-bond donors (Lipinski definition) is 0. The van der Waals surface area contributed by atoms with E-state index in [0.717, 1.165) is 23.0 Å². The Hall–Kier alpha value is -0.150. The lowest BCUT2D eigenvalue weighted by atomic mass is 10.2. The van der Waals surface area contributed by atoms with Crippen LogP contribution in [0.15, 0.2) is 17.0 Å². The van der Waals surface area contributed by atoms with Crippen LogP contribution in [0.3, 0.4) is 0 Å². The fraction of sp³-hybridized carbons (Fsp3) is 0.500. The first-order valence-corrected chi connectivity index (χ1v) is 5.05. The van der Waals surface area contributed by atoms with E-state index in [1.54, 1.807) is 12.5 Å². The molecule has 0 amide bonds. The second-order valence-electron chi connectivity index (χ2n) is 2.53. The molecule has 66 valence electrons. The van der Waals surface area contributed by atoms with Gasteiger partial charge in [-0.05, 0) is 22.4 Å². The van der Waals surface area contributed by atoms with Gasteiger partial charge in [-0.3, -0.25) is 0 Å². The Morgan fingerprint density at radius 3 is 3.00 bits per heavy atom. The van der Waals surface area contributed by atoms with Crippen LogP contribution in [-0.4, -0.2) is 15.3 Å². The van der Waals surface area contributed by atoms with Gasteiger partial charge in [0.1, 0.15) is 6.33 Å². The molecule has 0 aliphatic heterocycles. The molecule has 1 unspecified atom stereocenters. The summed E-state index contributed by atoms with van der Waals surface area (Å²) in [7, 11) is 0. The summed E-state index contributed by atoms with van der Waals surface area (Å²) in [6.07, 6.45) is 5.03. The fourth-order valence-corrected chi connectivity index (χ4v) is 1.37. The first-order valence-electron chi connectivity index (χ1n) is 3.82. The van der Waals surface area contributed by atoms with E-state index < -0.39 is 0 Å². The minimum atomic E-state index is 0.163. The summed E-state index contributed by atoms with van der Waals surface area (Å²) in [4.78, 5) is 8.00. The zero-order valence-electron chi connectivity index (χ0n) is 6.80. The van der Waals surface area contributed by atoms with Gasteiger partial charge >= 0.3 is 0 Å². The third kappa shape index (κ3) is 2.72. The van der Waals surface area contributed by atoms with Crippen LogP contribution in [0.4, 0.5) is 0 Å². The highest BCUT2D eigenvalue weighted by molar-refractivity contribution is 9.10. The van der Waals surface area contributed by atoms with Crippen molar-refractivity contribution in [2.75, 3.05) is 0 Å². The molecular formula is C8H10BrClN2. The van der Waals surface area contributed by atoms with E-state index in [9.17, 15) is 0 Å². The molecular weight excluding hydrogens is 239 g/mol. The normalized spacial score (nSPS) is 12.9. The second-order valence-corrected chi connectivity index (χ2v) is 4.00. The summed E-state index contributed by atoms with van der Waals surface area (Å²) in [5.74, 6) is 0. The zero-order chi connectivity index (χ0) is 8.97. The number of hydrogen-bond acceptors (Lipinski definition) is 2. The molecule has 0 radical (unpaired) electrons. The fourth-order valence-electron chi connectivity index (χ4n) is 0.842. The predicted molar refractivity (Wildman–Crippen MR) is 53.4 cm³/mol. The summed E-state index contributed by atoms with van der Waals surface area (Å²) in [6, 6.07) is 0. The minimum absolute atomic E-state index is 0.163. The maximum Gasteiger partial charge on any atom is 0.115 e. The highest BCUT2D eigenvalue weighted by Crippen LogP contribution is 2.16. The third-order valence-electron chi connectivity index (χ3n) is 1.60. The molecule has 2 nitrogen and oxygen atoms in total. The van der Waals surface area contributed by atoms with Crippen molar-refractivity contribution in [2.24, 2.45) is 0 Å². The smallest absolute Gasteiger partial charge is 0.115 e. The van der Waals surface area contributed by atoms with Gasteiger partial charge in [-0.25, -0.2) is 9.97 Å². The standard InChI is InChI=1S/C8H10BrClN2/c1-2-6(10)3-8-7(9)4-11-5-12-8/h4-6H,2-3H2,1H3. The summed E-state index contributed by atoms with van der Waals surface area (Å²) < 4.78 is 0.934.